The molecule has 0 aliphatic rings. The molecule has 0 fully saturated rings. The SMILES string of the molecule is CN(CCCCCc1cc(-c2cccc(F)c2)n[nH]1)C(=O)c1ccccc1O. The molecule has 0 saturated carbocycles. The molecule has 0 spiro atoms. The van der Waals surface area contributed by atoms with Crippen LogP contribution in [0.15, 0.2) is 54.6 Å². The average Bonchev–Trinajstić information content (AvgIpc) is 3.16. The molecule has 0 aliphatic heterocycles. The summed E-state index contributed by atoms with van der Waals surface area (Å²) in [6.07, 6.45) is 3.65. The van der Waals surface area contributed by atoms with Crippen molar-refractivity contribution in [3.8, 4) is 17.0 Å². The van der Waals surface area contributed by atoms with E-state index in [1.165, 1.54) is 18.2 Å². The highest BCUT2D eigenvalue weighted by atomic mass is 19.1. The minimum absolute atomic E-state index is 0.00713. The van der Waals surface area contributed by atoms with Crippen LogP contribution in [-0.4, -0.2) is 39.7 Å². The predicted molar refractivity (Wildman–Crippen MR) is 107 cm³/mol. The summed E-state index contributed by atoms with van der Waals surface area (Å²) in [5.41, 5.74) is 2.83. The Labute approximate surface area is 163 Å². The summed E-state index contributed by atoms with van der Waals surface area (Å²) in [4.78, 5) is 14.0. The Morgan fingerprint density at radius 1 is 1.11 bits per heavy atom. The lowest BCUT2D eigenvalue weighted by Crippen LogP contribution is -2.27. The fraction of sp³-hybridized carbons (Fsp3) is 0.273. The van der Waals surface area contributed by atoms with E-state index in [0.29, 0.717) is 12.1 Å². The molecular formula is C22H24FN3O2. The minimum Gasteiger partial charge on any atom is -0.507 e. The van der Waals surface area contributed by atoms with Crippen LogP contribution >= 0.6 is 0 Å². The van der Waals surface area contributed by atoms with E-state index in [9.17, 15) is 14.3 Å². The number of phenols is 1. The topological polar surface area (TPSA) is 69.2 Å². The standard InChI is InChI=1S/C22H24FN3O2/c1-26(22(28)19-11-4-5-12-21(19)27)13-6-2-3-10-18-15-20(25-24-18)16-8-7-9-17(23)14-16/h4-5,7-9,11-12,14-15,27H,2-3,6,10,13H2,1H3,(H,24,25). The van der Waals surface area contributed by atoms with Crippen LogP contribution in [-0.2, 0) is 6.42 Å². The molecule has 0 aliphatic carbocycles. The van der Waals surface area contributed by atoms with E-state index in [4.69, 9.17) is 0 Å². The largest absolute Gasteiger partial charge is 0.507 e. The van der Waals surface area contributed by atoms with Gasteiger partial charge in [-0.15, -0.1) is 0 Å². The van der Waals surface area contributed by atoms with E-state index in [2.05, 4.69) is 10.2 Å². The van der Waals surface area contributed by atoms with Crippen LogP contribution in [0, 0.1) is 5.82 Å². The molecule has 0 atom stereocenters. The van der Waals surface area contributed by atoms with Gasteiger partial charge in [-0.1, -0.05) is 30.7 Å². The minimum atomic E-state index is -0.274. The monoisotopic (exact) mass is 381 g/mol. The fourth-order valence-electron chi connectivity index (χ4n) is 3.09. The van der Waals surface area contributed by atoms with Gasteiger partial charge in [-0.25, -0.2) is 4.39 Å². The Balaban J connectivity index is 1.42. The maximum absolute atomic E-state index is 13.3. The summed E-state index contributed by atoms with van der Waals surface area (Å²) in [6.45, 7) is 0.630. The second-order valence-corrected chi connectivity index (χ2v) is 6.84. The number of carbonyl (C=O) groups is 1. The van der Waals surface area contributed by atoms with Crippen molar-refractivity contribution >= 4 is 5.91 Å². The highest BCUT2D eigenvalue weighted by molar-refractivity contribution is 5.96. The maximum atomic E-state index is 13.3. The number of phenolic OH excluding ortho intramolecular Hbond substituents is 1. The first-order valence-electron chi connectivity index (χ1n) is 9.38. The zero-order chi connectivity index (χ0) is 19.9. The summed E-state index contributed by atoms with van der Waals surface area (Å²) in [7, 11) is 1.74. The summed E-state index contributed by atoms with van der Waals surface area (Å²) in [5.74, 6) is -0.441. The van der Waals surface area contributed by atoms with Gasteiger partial charge in [-0.3, -0.25) is 9.89 Å². The first kappa shape index (κ1) is 19.6. The Kier molecular flexibility index (Phi) is 6.42. The third-order valence-corrected chi connectivity index (χ3v) is 4.67. The lowest BCUT2D eigenvalue weighted by molar-refractivity contribution is 0.0789. The number of hydrogen-bond donors (Lipinski definition) is 2. The Bertz CT molecular complexity index is 939. The van der Waals surface area contributed by atoms with Crippen molar-refractivity contribution in [1.29, 1.82) is 0 Å². The van der Waals surface area contributed by atoms with Gasteiger partial charge in [0.25, 0.3) is 5.91 Å². The van der Waals surface area contributed by atoms with E-state index in [1.807, 2.05) is 12.1 Å². The number of aromatic hydroxyl groups is 1. The second-order valence-electron chi connectivity index (χ2n) is 6.84. The number of benzene rings is 2. The summed E-state index contributed by atoms with van der Waals surface area (Å²) < 4.78 is 13.3. The number of unbranched alkanes of at least 4 members (excludes halogenated alkanes) is 2. The van der Waals surface area contributed by atoms with Gasteiger partial charge < -0.3 is 10.0 Å². The quantitative estimate of drug-likeness (QED) is 0.568. The van der Waals surface area contributed by atoms with Gasteiger partial charge in [-0.05, 0) is 49.6 Å². The smallest absolute Gasteiger partial charge is 0.257 e. The Morgan fingerprint density at radius 2 is 1.93 bits per heavy atom. The number of aromatic amines is 1. The third-order valence-electron chi connectivity index (χ3n) is 4.67. The van der Waals surface area contributed by atoms with Gasteiger partial charge in [0.15, 0.2) is 0 Å². The second kappa shape index (κ2) is 9.17. The number of aryl methyl sites for hydroxylation is 1. The number of H-pyrrole nitrogens is 1. The molecule has 28 heavy (non-hydrogen) atoms. The normalized spacial score (nSPS) is 10.8. The molecule has 2 aromatic carbocycles. The molecule has 1 aromatic heterocycles. The zero-order valence-electron chi connectivity index (χ0n) is 15.9. The third kappa shape index (κ3) is 4.97. The van der Waals surface area contributed by atoms with Crippen LogP contribution in [0.5, 0.6) is 5.75 Å². The molecule has 6 heteroatoms. The van der Waals surface area contributed by atoms with Crippen LogP contribution in [0.4, 0.5) is 4.39 Å². The molecule has 3 aromatic rings. The number of nitrogens with zero attached hydrogens (tertiary/aromatic N) is 2. The maximum Gasteiger partial charge on any atom is 0.257 e. The van der Waals surface area contributed by atoms with Crippen molar-refractivity contribution in [2.45, 2.75) is 25.7 Å². The fourth-order valence-corrected chi connectivity index (χ4v) is 3.09. The number of carbonyl (C=O) groups excluding carboxylic acids is 1. The zero-order valence-corrected chi connectivity index (χ0v) is 15.9. The van der Waals surface area contributed by atoms with E-state index in [0.717, 1.165) is 42.6 Å². The van der Waals surface area contributed by atoms with Crippen LogP contribution in [0.25, 0.3) is 11.3 Å². The van der Waals surface area contributed by atoms with Gasteiger partial charge in [0.05, 0.1) is 11.3 Å². The average molecular weight is 381 g/mol. The van der Waals surface area contributed by atoms with Crippen molar-refractivity contribution in [1.82, 2.24) is 15.1 Å². The van der Waals surface area contributed by atoms with Gasteiger partial charge in [0, 0.05) is 24.8 Å². The highest BCUT2D eigenvalue weighted by Gasteiger charge is 2.14. The summed E-state index contributed by atoms with van der Waals surface area (Å²) in [6, 6.07) is 14.9. The lowest BCUT2D eigenvalue weighted by Gasteiger charge is -2.17. The van der Waals surface area contributed by atoms with Gasteiger partial charge in [-0.2, -0.15) is 5.10 Å². The Morgan fingerprint density at radius 3 is 2.71 bits per heavy atom. The van der Waals surface area contributed by atoms with E-state index in [1.54, 1.807) is 36.2 Å². The molecular weight excluding hydrogens is 357 g/mol. The van der Waals surface area contributed by atoms with Crippen molar-refractivity contribution in [2.24, 2.45) is 0 Å². The van der Waals surface area contributed by atoms with Gasteiger partial charge >= 0.3 is 0 Å². The number of rotatable bonds is 8. The molecule has 0 radical (unpaired) electrons. The number of halogens is 1. The molecule has 0 saturated heterocycles. The number of amides is 1. The van der Waals surface area contributed by atoms with Crippen molar-refractivity contribution in [2.75, 3.05) is 13.6 Å². The molecule has 5 nitrogen and oxygen atoms in total. The van der Waals surface area contributed by atoms with E-state index < -0.39 is 0 Å². The molecule has 0 bridgehead atoms. The van der Waals surface area contributed by atoms with Crippen LogP contribution < -0.4 is 0 Å². The molecule has 2 N–H and O–H groups in total. The van der Waals surface area contributed by atoms with Crippen molar-refractivity contribution in [3.05, 3.63) is 71.7 Å². The Hall–Kier alpha value is -3.15. The predicted octanol–water partition coefficient (Wildman–Crippen LogP) is 4.41. The molecule has 1 heterocycles. The first-order chi connectivity index (χ1) is 13.5. The van der Waals surface area contributed by atoms with E-state index >= 15 is 0 Å². The number of hydrogen-bond acceptors (Lipinski definition) is 3. The first-order valence-corrected chi connectivity index (χ1v) is 9.38. The van der Waals surface area contributed by atoms with Crippen LogP contribution in [0.1, 0.15) is 35.3 Å². The van der Waals surface area contributed by atoms with Crippen molar-refractivity contribution < 1.29 is 14.3 Å². The molecule has 3 rings (SSSR count). The number of aromatic nitrogens is 2. The summed E-state index contributed by atoms with van der Waals surface area (Å²) in [5, 5.41) is 17.0. The van der Waals surface area contributed by atoms with Crippen LogP contribution in [0.2, 0.25) is 0 Å². The molecule has 146 valence electrons. The highest BCUT2D eigenvalue weighted by Crippen LogP contribution is 2.20. The number of nitrogens with one attached hydrogen (secondary N) is 1. The number of para-hydroxylation sites is 1. The van der Waals surface area contributed by atoms with Gasteiger partial charge in [0.2, 0.25) is 0 Å². The van der Waals surface area contributed by atoms with Crippen molar-refractivity contribution in [3.63, 3.8) is 0 Å². The summed E-state index contributed by atoms with van der Waals surface area (Å²) >= 11 is 0. The molecule has 1 amide bonds. The molecule has 0 unspecified atom stereocenters. The van der Waals surface area contributed by atoms with Gasteiger partial charge in [0.1, 0.15) is 11.6 Å². The van der Waals surface area contributed by atoms with E-state index in [-0.39, 0.29) is 17.5 Å². The lowest BCUT2D eigenvalue weighted by atomic mass is 10.1. The van der Waals surface area contributed by atoms with Crippen LogP contribution in [0.3, 0.4) is 0 Å².